The van der Waals surface area contributed by atoms with Crippen molar-refractivity contribution in [1.29, 1.82) is 0 Å². The van der Waals surface area contributed by atoms with Crippen molar-refractivity contribution in [3.05, 3.63) is 93.3 Å². The molecular weight excluding hydrogens is 456 g/mol. The Bertz CT molecular complexity index is 1450. The number of rotatable bonds is 9. The molecule has 0 aliphatic heterocycles. The number of carbonyl (C=O) groups excluding carboxylic acids is 1. The lowest BCUT2D eigenvalue weighted by Crippen LogP contribution is -2.42. The van der Waals surface area contributed by atoms with E-state index in [9.17, 15) is 14.4 Å². The fourth-order valence-corrected chi connectivity index (χ4v) is 4.10. The topological polar surface area (TPSA) is 119 Å². The van der Waals surface area contributed by atoms with Gasteiger partial charge in [-0.1, -0.05) is 68.8 Å². The number of para-hydroxylation sites is 1. The molecule has 2 aromatic heterocycles. The molecule has 2 aromatic carbocycles. The first-order valence-corrected chi connectivity index (χ1v) is 12.1. The molecule has 1 amide bonds. The fraction of sp³-hybridized carbons (Fsp3) is 0.259. The molecule has 0 aliphatic rings. The molecule has 4 rings (SSSR count). The van der Waals surface area contributed by atoms with E-state index in [2.05, 4.69) is 4.98 Å². The van der Waals surface area contributed by atoms with Gasteiger partial charge in [0.25, 0.3) is 11.5 Å². The van der Waals surface area contributed by atoms with Gasteiger partial charge in [0.15, 0.2) is 5.69 Å². The fourth-order valence-electron chi connectivity index (χ4n) is 4.10. The molecule has 0 saturated heterocycles. The number of hydrogen-bond acceptors (Lipinski definition) is 5. The van der Waals surface area contributed by atoms with E-state index >= 15 is 0 Å². The maximum atomic E-state index is 14.1. The van der Waals surface area contributed by atoms with Gasteiger partial charge in [0.05, 0.1) is 11.4 Å². The molecule has 36 heavy (non-hydrogen) atoms. The Kier molecular flexibility index (Phi) is 7.48. The van der Waals surface area contributed by atoms with E-state index in [1.165, 1.54) is 9.47 Å². The highest BCUT2D eigenvalue weighted by atomic mass is 16.2. The molecule has 0 bridgehead atoms. The van der Waals surface area contributed by atoms with Crippen molar-refractivity contribution in [1.82, 2.24) is 19.3 Å². The predicted molar refractivity (Wildman–Crippen MR) is 142 cm³/mol. The van der Waals surface area contributed by atoms with E-state index in [1.54, 1.807) is 10.7 Å². The Hall–Kier alpha value is -4.40. The van der Waals surface area contributed by atoms with E-state index in [0.29, 0.717) is 30.8 Å². The van der Waals surface area contributed by atoms with Gasteiger partial charge in [0, 0.05) is 18.7 Å². The number of nitrogens with one attached hydrogen (secondary N) is 1. The molecule has 0 spiro atoms. The van der Waals surface area contributed by atoms with Crippen LogP contribution < -0.4 is 21.9 Å². The third-order valence-electron chi connectivity index (χ3n) is 5.91. The number of aromatic amines is 1. The molecule has 2 heterocycles. The summed E-state index contributed by atoms with van der Waals surface area (Å²) in [6, 6.07) is 20.6. The average molecular weight is 487 g/mol. The number of nitrogens with zero attached hydrogens (tertiary/aromatic N) is 4. The number of H-pyrrole nitrogens is 1. The first-order valence-electron chi connectivity index (χ1n) is 12.1. The Labute approximate surface area is 208 Å². The maximum absolute atomic E-state index is 14.1. The summed E-state index contributed by atoms with van der Waals surface area (Å²) in [6.45, 7) is 4.48. The Morgan fingerprint density at radius 3 is 2.31 bits per heavy atom. The quantitative estimate of drug-likeness (QED) is 0.373. The van der Waals surface area contributed by atoms with Crippen LogP contribution in [0.15, 0.2) is 76.3 Å². The smallest absolute Gasteiger partial charge is 0.330 e. The van der Waals surface area contributed by atoms with Gasteiger partial charge in [-0.15, -0.1) is 0 Å². The van der Waals surface area contributed by atoms with Gasteiger partial charge in [0.2, 0.25) is 0 Å². The molecule has 0 atom stereocenters. The normalized spacial score (nSPS) is 10.9. The highest BCUT2D eigenvalue weighted by Crippen LogP contribution is 2.25. The van der Waals surface area contributed by atoms with Gasteiger partial charge < -0.3 is 5.73 Å². The summed E-state index contributed by atoms with van der Waals surface area (Å²) in [7, 11) is 0. The lowest BCUT2D eigenvalue weighted by Gasteiger charge is -2.24. The van der Waals surface area contributed by atoms with Crippen LogP contribution >= 0.6 is 0 Å². The van der Waals surface area contributed by atoms with E-state index in [0.717, 1.165) is 12.0 Å². The highest BCUT2D eigenvalue weighted by molar-refractivity contribution is 6.07. The summed E-state index contributed by atoms with van der Waals surface area (Å²) in [5.41, 5.74) is 7.49. The monoisotopic (exact) mass is 486 g/mol. The van der Waals surface area contributed by atoms with Crippen LogP contribution in [0.5, 0.6) is 0 Å². The average Bonchev–Trinajstić information content (AvgIpc) is 3.34. The summed E-state index contributed by atoms with van der Waals surface area (Å²) >= 11 is 0. The number of anilines is 2. The predicted octanol–water partition coefficient (Wildman–Crippen LogP) is 3.83. The zero-order valence-corrected chi connectivity index (χ0v) is 20.5. The lowest BCUT2D eigenvalue weighted by atomic mass is 10.1. The molecule has 9 heteroatoms. The van der Waals surface area contributed by atoms with Crippen LogP contribution in [-0.2, 0) is 6.54 Å². The van der Waals surface area contributed by atoms with Crippen LogP contribution in [-0.4, -0.2) is 31.8 Å². The number of benzene rings is 2. The van der Waals surface area contributed by atoms with Gasteiger partial charge in [-0.3, -0.25) is 24.0 Å². The summed E-state index contributed by atoms with van der Waals surface area (Å²) in [6.07, 6.45) is 2.12. The third kappa shape index (κ3) is 4.86. The van der Waals surface area contributed by atoms with E-state index in [4.69, 9.17) is 10.8 Å². The standard InChI is InChI=1S/C27H30N6O3/c1-3-5-17-32-24(28)23(25(34)29-27(32)36)31(16-4-2)26(35)22-18-21(19-12-8-6-9-13-19)30-33(22)20-14-10-7-11-15-20/h6-15,18H,3-5,16-17,28H2,1-2H3,(H,29,34,36). The van der Waals surface area contributed by atoms with Gasteiger partial charge in [-0.2, -0.15) is 5.10 Å². The first-order chi connectivity index (χ1) is 17.5. The van der Waals surface area contributed by atoms with E-state index in [1.807, 2.05) is 74.5 Å². The van der Waals surface area contributed by atoms with Crippen LogP contribution in [0.25, 0.3) is 16.9 Å². The second-order valence-corrected chi connectivity index (χ2v) is 8.48. The van der Waals surface area contributed by atoms with E-state index < -0.39 is 17.2 Å². The van der Waals surface area contributed by atoms with Crippen molar-refractivity contribution in [2.45, 2.75) is 39.7 Å². The number of amides is 1. The number of nitrogen functional groups attached to an aromatic ring is 1. The molecule has 186 valence electrons. The largest absolute Gasteiger partial charge is 0.383 e. The summed E-state index contributed by atoms with van der Waals surface area (Å²) in [5, 5.41) is 4.72. The second kappa shape index (κ2) is 10.9. The molecule has 9 nitrogen and oxygen atoms in total. The first kappa shape index (κ1) is 24.7. The van der Waals surface area contributed by atoms with Crippen LogP contribution in [0.1, 0.15) is 43.6 Å². The van der Waals surface area contributed by atoms with Crippen molar-refractivity contribution in [2.75, 3.05) is 17.2 Å². The summed E-state index contributed by atoms with van der Waals surface area (Å²) < 4.78 is 2.89. The van der Waals surface area contributed by atoms with Crippen LogP contribution in [0.4, 0.5) is 11.5 Å². The molecule has 0 saturated carbocycles. The minimum absolute atomic E-state index is 0.0203. The molecule has 4 aromatic rings. The maximum Gasteiger partial charge on any atom is 0.330 e. The van der Waals surface area contributed by atoms with Crippen LogP contribution in [0, 0.1) is 0 Å². The van der Waals surface area contributed by atoms with Crippen LogP contribution in [0.2, 0.25) is 0 Å². The Morgan fingerprint density at radius 1 is 1.00 bits per heavy atom. The van der Waals surface area contributed by atoms with Crippen molar-refractivity contribution in [2.24, 2.45) is 0 Å². The highest BCUT2D eigenvalue weighted by Gasteiger charge is 2.28. The number of hydrogen-bond donors (Lipinski definition) is 2. The van der Waals surface area contributed by atoms with Crippen molar-refractivity contribution in [3.63, 3.8) is 0 Å². The zero-order chi connectivity index (χ0) is 25.7. The van der Waals surface area contributed by atoms with Gasteiger partial charge >= 0.3 is 5.69 Å². The van der Waals surface area contributed by atoms with Gasteiger partial charge in [-0.25, -0.2) is 9.48 Å². The number of nitrogens with two attached hydrogens (primary N) is 1. The van der Waals surface area contributed by atoms with Gasteiger partial charge in [-0.05, 0) is 31.0 Å². The minimum Gasteiger partial charge on any atom is -0.383 e. The van der Waals surface area contributed by atoms with Crippen molar-refractivity contribution < 1.29 is 4.79 Å². The summed E-state index contributed by atoms with van der Waals surface area (Å²) in [4.78, 5) is 43.1. The SMILES string of the molecule is CCCCn1c(N)c(N(CCC)C(=O)c2cc(-c3ccccc3)nn2-c2ccccc2)c(=O)[nH]c1=O. The van der Waals surface area contributed by atoms with Crippen LogP contribution in [0.3, 0.4) is 0 Å². The zero-order valence-electron chi connectivity index (χ0n) is 20.5. The molecule has 0 unspecified atom stereocenters. The molecule has 0 fully saturated rings. The van der Waals surface area contributed by atoms with Crippen molar-refractivity contribution >= 4 is 17.4 Å². The third-order valence-corrected chi connectivity index (χ3v) is 5.91. The van der Waals surface area contributed by atoms with Crippen molar-refractivity contribution in [3.8, 4) is 16.9 Å². The molecule has 0 radical (unpaired) electrons. The Balaban J connectivity index is 1.88. The number of carbonyl (C=O) groups is 1. The number of unbranched alkanes of at least 4 members (excludes halogenated alkanes) is 1. The molecular formula is C27H30N6O3. The van der Waals surface area contributed by atoms with E-state index in [-0.39, 0.29) is 23.7 Å². The summed E-state index contributed by atoms with van der Waals surface area (Å²) in [5.74, 6) is -0.457. The van der Waals surface area contributed by atoms with Gasteiger partial charge in [0.1, 0.15) is 11.5 Å². The second-order valence-electron chi connectivity index (χ2n) is 8.48. The minimum atomic E-state index is -0.693. The molecule has 3 N–H and O–H groups in total. The number of aromatic nitrogens is 4. The Morgan fingerprint density at radius 2 is 1.67 bits per heavy atom. The lowest BCUT2D eigenvalue weighted by molar-refractivity contribution is 0.0979. The molecule has 0 aliphatic carbocycles.